The van der Waals surface area contributed by atoms with Gasteiger partial charge in [0.25, 0.3) is 5.91 Å². The Kier molecular flexibility index (Phi) is 4.66. The van der Waals surface area contributed by atoms with Gasteiger partial charge in [0.15, 0.2) is 0 Å². The summed E-state index contributed by atoms with van der Waals surface area (Å²) >= 11 is 0. The van der Waals surface area contributed by atoms with Crippen LogP contribution >= 0.6 is 0 Å². The third kappa shape index (κ3) is 3.72. The minimum Gasteiger partial charge on any atom is -0.322 e. The topological polar surface area (TPSA) is 59.8 Å². The van der Waals surface area contributed by atoms with E-state index in [0.717, 1.165) is 23.2 Å². The Bertz CT molecular complexity index is 1070. The number of nitrogens with zero attached hydrogens (tertiary/aromatic N) is 3. The Labute approximate surface area is 157 Å². The normalized spacial score (nSPS) is 10.9. The van der Waals surface area contributed by atoms with Gasteiger partial charge in [0.1, 0.15) is 5.52 Å². The van der Waals surface area contributed by atoms with Crippen molar-refractivity contribution in [3.8, 4) is 0 Å². The number of rotatable bonds is 5. The van der Waals surface area contributed by atoms with Crippen LogP contribution in [0.15, 0.2) is 72.8 Å². The maximum Gasteiger partial charge on any atom is 0.255 e. The third-order valence-corrected chi connectivity index (χ3v) is 4.57. The molecule has 0 radical (unpaired) electrons. The third-order valence-electron chi connectivity index (χ3n) is 4.57. The SMILES string of the molecule is CCc1ccc(NC(=O)c2ccc3c(c2)nnn3Cc2ccccc2)cc1. The number of hydrogen-bond donors (Lipinski definition) is 1. The molecule has 0 aliphatic rings. The number of fused-ring (bicyclic) bond motifs is 1. The average Bonchev–Trinajstić information content (AvgIpc) is 3.11. The molecule has 0 aliphatic heterocycles. The molecule has 0 unspecified atom stereocenters. The van der Waals surface area contributed by atoms with E-state index in [4.69, 9.17) is 0 Å². The molecule has 0 saturated carbocycles. The van der Waals surface area contributed by atoms with Crippen LogP contribution in [0.4, 0.5) is 5.69 Å². The second kappa shape index (κ2) is 7.41. The van der Waals surface area contributed by atoms with Crippen molar-refractivity contribution in [3.63, 3.8) is 0 Å². The molecule has 0 atom stereocenters. The van der Waals surface area contributed by atoms with Crippen molar-refractivity contribution in [2.24, 2.45) is 0 Å². The van der Waals surface area contributed by atoms with E-state index < -0.39 is 0 Å². The molecule has 0 fully saturated rings. The summed E-state index contributed by atoms with van der Waals surface area (Å²) in [6, 6.07) is 23.5. The minimum absolute atomic E-state index is 0.154. The minimum atomic E-state index is -0.154. The van der Waals surface area contributed by atoms with Crippen molar-refractivity contribution in [2.45, 2.75) is 19.9 Å². The van der Waals surface area contributed by atoms with Crippen LogP contribution < -0.4 is 5.32 Å². The molecule has 0 spiro atoms. The number of aromatic nitrogens is 3. The molecular weight excluding hydrogens is 336 g/mol. The van der Waals surface area contributed by atoms with Crippen molar-refractivity contribution in [2.75, 3.05) is 5.32 Å². The van der Waals surface area contributed by atoms with Gasteiger partial charge >= 0.3 is 0 Å². The van der Waals surface area contributed by atoms with Crippen LogP contribution in [0.2, 0.25) is 0 Å². The number of hydrogen-bond acceptors (Lipinski definition) is 3. The van der Waals surface area contributed by atoms with Gasteiger partial charge in [-0.2, -0.15) is 0 Å². The number of carbonyl (C=O) groups excluding carboxylic acids is 1. The van der Waals surface area contributed by atoms with E-state index in [0.29, 0.717) is 17.6 Å². The Hall–Kier alpha value is -3.47. The number of benzene rings is 3. The highest BCUT2D eigenvalue weighted by Gasteiger charge is 2.11. The molecule has 1 aromatic heterocycles. The molecule has 5 nitrogen and oxygen atoms in total. The lowest BCUT2D eigenvalue weighted by Crippen LogP contribution is -2.11. The first kappa shape index (κ1) is 17.0. The second-order valence-electron chi connectivity index (χ2n) is 6.44. The maximum atomic E-state index is 12.5. The molecule has 5 heteroatoms. The fraction of sp³-hybridized carbons (Fsp3) is 0.136. The predicted octanol–water partition coefficient (Wildman–Crippen LogP) is 4.29. The number of amides is 1. The molecule has 0 aliphatic carbocycles. The summed E-state index contributed by atoms with van der Waals surface area (Å²) < 4.78 is 1.84. The predicted molar refractivity (Wildman–Crippen MR) is 107 cm³/mol. The number of anilines is 1. The molecule has 0 bridgehead atoms. The molecule has 1 amide bonds. The number of carbonyl (C=O) groups is 1. The average molecular weight is 356 g/mol. The Morgan fingerprint density at radius 3 is 2.48 bits per heavy atom. The number of nitrogens with one attached hydrogen (secondary N) is 1. The lowest BCUT2D eigenvalue weighted by atomic mass is 10.1. The molecular formula is C22H20N4O. The first-order valence-electron chi connectivity index (χ1n) is 9.00. The van der Waals surface area contributed by atoms with Gasteiger partial charge in [-0.05, 0) is 47.9 Å². The first-order chi connectivity index (χ1) is 13.2. The lowest BCUT2D eigenvalue weighted by molar-refractivity contribution is 0.102. The van der Waals surface area contributed by atoms with Gasteiger partial charge in [-0.3, -0.25) is 4.79 Å². The van der Waals surface area contributed by atoms with Crippen LogP contribution in [-0.2, 0) is 13.0 Å². The van der Waals surface area contributed by atoms with Crippen molar-refractivity contribution < 1.29 is 4.79 Å². The summed E-state index contributed by atoms with van der Waals surface area (Å²) in [5, 5.41) is 11.4. The quantitative estimate of drug-likeness (QED) is 0.580. The summed E-state index contributed by atoms with van der Waals surface area (Å²) in [6.45, 7) is 2.75. The van der Waals surface area contributed by atoms with Crippen LogP contribution in [0.3, 0.4) is 0 Å². The molecule has 1 heterocycles. The summed E-state index contributed by atoms with van der Waals surface area (Å²) in [4.78, 5) is 12.5. The van der Waals surface area contributed by atoms with Gasteiger partial charge in [-0.1, -0.05) is 54.6 Å². The van der Waals surface area contributed by atoms with Crippen molar-refractivity contribution in [1.29, 1.82) is 0 Å². The fourth-order valence-electron chi connectivity index (χ4n) is 3.01. The van der Waals surface area contributed by atoms with Crippen molar-refractivity contribution in [1.82, 2.24) is 15.0 Å². The van der Waals surface area contributed by atoms with Crippen LogP contribution in [-0.4, -0.2) is 20.9 Å². The molecule has 1 N–H and O–H groups in total. The van der Waals surface area contributed by atoms with Crippen LogP contribution in [0.5, 0.6) is 0 Å². The summed E-state index contributed by atoms with van der Waals surface area (Å²) in [7, 11) is 0. The van der Waals surface area contributed by atoms with Gasteiger partial charge in [0.2, 0.25) is 0 Å². The fourth-order valence-corrected chi connectivity index (χ4v) is 3.01. The molecule has 4 aromatic rings. The highest BCUT2D eigenvalue weighted by molar-refractivity contribution is 6.05. The van der Waals surface area contributed by atoms with Gasteiger partial charge in [0.05, 0.1) is 12.1 Å². The van der Waals surface area contributed by atoms with Crippen LogP contribution in [0.1, 0.15) is 28.4 Å². The zero-order valence-electron chi connectivity index (χ0n) is 15.1. The van der Waals surface area contributed by atoms with Gasteiger partial charge in [-0.15, -0.1) is 5.10 Å². The molecule has 0 saturated heterocycles. The smallest absolute Gasteiger partial charge is 0.255 e. The van der Waals surface area contributed by atoms with Gasteiger partial charge in [-0.25, -0.2) is 4.68 Å². The van der Waals surface area contributed by atoms with Crippen LogP contribution in [0.25, 0.3) is 11.0 Å². The van der Waals surface area contributed by atoms with Crippen LogP contribution in [0, 0.1) is 0 Å². The summed E-state index contributed by atoms with van der Waals surface area (Å²) in [6.07, 6.45) is 0.976. The monoisotopic (exact) mass is 356 g/mol. The standard InChI is InChI=1S/C22H20N4O/c1-2-16-8-11-19(12-9-16)23-22(27)18-10-13-21-20(14-18)24-25-26(21)15-17-6-4-3-5-7-17/h3-14H,2,15H2,1H3,(H,23,27). The Morgan fingerprint density at radius 1 is 0.963 bits per heavy atom. The lowest BCUT2D eigenvalue weighted by Gasteiger charge is -2.07. The van der Waals surface area contributed by atoms with E-state index >= 15 is 0 Å². The summed E-state index contributed by atoms with van der Waals surface area (Å²) in [5.41, 5.74) is 5.35. The highest BCUT2D eigenvalue weighted by Crippen LogP contribution is 2.17. The highest BCUT2D eigenvalue weighted by atomic mass is 16.1. The van der Waals surface area contributed by atoms with E-state index in [-0.39, 0.29) is 5.91 Å². The van der Waals surface area contributed by atoms with E-state index in [1.165, 1.54) is 5.56 Å². The first-order valence-corrected chi connectivity index (χ1v) is 9.00. The Morgan fingerprint density at radius 2 is 1.74 bits per heavy atom. The Balaban J connectivity index is 1.53. The van der Waals surface area contributed by atoms with Gasteiger partial charge < -0.3 is 5.32 Å². The number of aryl methyl sites for hydroxylation is 1. The summed E-state index contributed by atoms with van der Waals surface area (Å²) in [5.74, 6) is -0.154. The second-order valence-corrected chi connectivity index (χ2v) is 6.44. The zero-order chi connectivity index (χ0) is 18.6. The van der Waals surface area contributed by atoms with Crippen molar-refractivity contribution >= 4 is 22.6 Å². The maximum absolute atomic E-state index is 12.5. The molecule has 4 rings (SSSR count). The van der Waals surface area contributed by atoms with E-state index in [1.807, 2.05) is 59.3 Å². The largest absolute Gasteiger partial charge is 0.322 e. The molecule has 3 aromatic carbocycles. The van der Waals surface area contributed by atoms with Gasteiger partial charge in [0, 0.05) is 11.3 Å². The molecule has 134 valence electrons. The zero-order valence-corrected chi connectivity index (χ0v) is 15.1. The van der Waals surface area contributed by atoms with E-state index in [9.17, 15) is 4.79 Å². The van der Waals surface area contributed by atoms with E-state index in [1.54, 1.807) is 6.07 Å². The van der Waals surface area contributed by atoms with Crippen molar-refractivity contribution in [3.05, 3.63) is 89.5 Å². The van der Waals surface area contributed by atoms with E-state index in [2.05, 4.69) is 34.7 Å². The molecule has 27 heavy (non-hydrogen) atoms.